The van der Waals surface area contributed by atoms with E-state index < -0.39 is 0 Å². The topological polar surface area (TPSA) is 74.8 Å². The van der Waals surface area contributed by atoms with Crippen LogP contribution in [0.5, 0.6) is 5.75 Å². The van der Waals surface area contributed by atoms with Crippen LogP contribution < -0.4 is 10.3 Å². The van der Waals surface area contributed by atoms with Gasteiger partial charge >= 0.3 is 0 Å². The van der Waals surface area contributed by atoms with E-state index in [9.17, 15) is 4.79 Å². The molecule has 0 saturated carbocycles. The van der Waals surface area contributed by atoms with Gasteiger partial charge in [0.2, 0.25) is 0 Å². The second kappa shape index (κ2) is 9.86. The van der Waals surface area contributed by atoms with Gasteiger partial charge < -0.3 is 9.30 Å². The second-order valence-electron chi connectivity index (χ2n) is 9.01. The number of rotatable bonds is 9. The van der Waals surface area contributed by atoms with Crippen LogP contribution in [0.15, 0.2) is 53.3 Å². The molecule has 0 unspecified atom stereocenters. The van der Waals surface area contributed by atoms with Crippen molar-refractivity contribution < 1.29 is 4.74 Å². The minimum Gasteiger partial charge on any atom is -0.497 e. The fourth-order valence-electron chi connectivity index (χ4n) is 4.70. The van der Waals surface area contributed by atoms with Gasteiger partial charge in [-0.1, -0.05) is 50.5 Å². The molecule has 0 spiro atoms. The van der Waals surface area contributed by atoms with Crippen molar-refractivity contribution in [3.05, 3.63) is 70.3 Å². The maximum Gasteiger partial charge on any atom is 0.265 e. The third-order valence-corrected chi connectivity index (χ3v) is 6.66. The SMILES string of the molecule is CCCCCCn1c(C)nc2c(c1=O)c1nc3ccccc3nc1n2CCc1ccc(OC)cc1. The van der Waals surface area contributed by atoms with Crippen molar-refractivity contribution >= 4 is 33.2 Å². The van der Waals surface area contributed by atoms with Gasteiger partial charge in [-0.25, -0.2) is 15.0 Å². The van der Waals surface area contributed by atoms with Crippen LogP contribution in [0.3, 0.4) is 0 Å². The Morgan fingerprint density at radius 3 is 2.29 bits per heavy atom. The molecular formula is C28H31N5O2. The van der Waals surface area contributed by atoms with Crippen LogP contribution in [-0.2, 0) is 19.5 Å². The van der Waals surface area contributed by atoms with Gasteiger partial charge in [-0.2, -0.15) is 0 Å². The first-order valence-corrected chi connectivity index (χ1v) is 12.4. The van der Waals surface area contributed by atoms with Crippen LogP contribution in [-0.4, -0.2) is 31.2 Å². The molecule has 3 aromatic heterocycles. The van der Waals surface area contributed by atoms with E-state index in [0.717, 1.165) is 48.3 Å². The van der Waals surface area contributed by atoms with E-state index in [2.05, 4.69) is 23.6 Å². The fraction of sp³-hybridized carbons (Fsp3) is 0.357. The maximum absolute atomic E-state index is 13.7. The zero-order chi connectivity index (χ0) is 24.4. The van der Waals surface area contributed by atoms with Gasteiger partial charge in [0.05, 0.1) is 18.1 Å². The zero-order valence-electron chi connectivity index (χ0n) is 20.6. The molecule has 5 aromatic rings. The first-order chi connectivity index (χ1) is 17.1. The number of fused-ring (bicyclic) bond motifs is 4. The molecule has 2 aromatic carbocycles. The number of ether oxygens (including phenoxy) is 1. The van der Waals surface area contributed by atoms with Gasteiger partial charge in [0.15, 0.2) is 11.3 Å². The van der Waals surface area contributed by atoms with E-state index in [1.54, 1.807) is 7.11 Å². The summed E-state index contributed by atoms with van der Waals surface area (Å²) in [6.07, 6.45) is 5.18. The Morgan fingerprint density at radius 2 is 1.57 bits per heavy atom. The lowest BCUT2D eigenvalue weighted by molar-refractivity contribution is 0.414. The molecule has 3 heterocycles. The number of hydrogen-bond donors (Lipinski definition) is 0. The lowest BCUT2D eigenvalue weighted by Crippen LogP contribution is -2.24. The summed E-state index contributed by atoms with van der Waals surface area (Å²) >= 11 is 0. The maximum atomic E-state index is 13.7. The van der Waals surface area contributed by atoms with Crippen LogP contribution in [0.4, 0.5) is 0 Å². The predicted molar refractivity (Wildman–Crippen MR) is 140 cm³/mol. The van der Waals surface area contributed by atoms with Gasteiger partial charge in [-0.3, -0.25) is 9.36 Å². The first kappa shape index (κ1) is 23.0. The number of nitrogens with zero attached hydrogens (tertiary/aromatic N) is 5. The van der Waals surface area contributed by atoms with Crippen molar-refractivity contribution in [1.29, 1.82) is 0 Å². The van der Waals surface area contributed by atoms with E-state index in [4.69, 9.17) is 19.7 Å². The zero-order valence-corrected chi connectivity index (χ0v) is 20.6. The molecule has 0 saturated heterocycles. The Bertz CT molecular complexity index is 1550. The quantitative estimate of drug-likeness (QED) is 0.269. The molecule has 7 nitrogen and oxygen atoms in total. The van der Waals surface area contributed by atoms with E-state index in [1.807, 2.05) is 47.9 Å². The first-order valence-electron chi connectivity index (χ1n) is 12.4. The summed E-state index contributed by atoms with van der Waals surface area (Å²) in [5.41, 5.74) is 4.75. The lowest BCUT2D eigenvalue weighted by atomic mass is 10.1. The highest BCUT2D eigenvalue weighted by Crippen LogP contribution is 2.26. The summed E-state index contributed by atoms with van der Waals surface area (Å²) in [6.45, 7) is 5.43. The Hall–Kier alpha value is -3.74. The van der Waals surface area contributed by atoms with Crippen LogP contribution in [0.1, 0.15) is 44.0 Å². The highest BCUT2D eigenvalue weighted by molar-refractivity contribution is 6.04. The highest BCUT2D eigenvalue weighted by Gasteiger charge is 2.21. The molecule has 35 heavy (non-hydrogen) atoms. The summed E-state index contributed by atoms with van der Waals surface area (Å²) < 4.78 is 9.15. The Labute approximate surface area is 204 Å². The average Bonchev–Trinajstić information content (AvgIpc) is 3.17. The molecule has 0 fully saturated rings. The van der Waals surface area contributed by atoms with Crippen LogP contribution in [0.25, 0.3) is 33.2 Å². The Morgan fingerprint density at radius 1 is 0.829 bits per heavy atom. The minimum absolute atomic E-state index is 0.0261. The predicted octanol–water partition coefficient (Wildman–Crippen LogP) is 5.43. The molecule has 7 heteroatoms. The monoisotopic (exact) mass is 469 g/mol. The van der Waals surface area contributed by atoms with Gasteiger partial charge in [-0.15, -0.1) is 0 Å². The number of aromatic nitrogens is 5. The number of aryl methyl sites for hydroxylation is 3. The third-order valence-electron chi connectivity index (χ3n) is 6.66. The summed E-state index contributed by atoms with van der Waals surface area (Å²) in [5, 5.41) is 0.564. The van der Waals surface area contributed by atoms with Gasteiger partial charge in [-0.05, 0) is 49.6 Å². The Balaban J connectivity index is 1.64. The van der Waals surface area contributed by atoms with Gasteiger partial charge in [0, 0.05) is 13.1 Å². The molecular weight excluding hydrogens is 438 g/mol. The molecule has 0 amide bonds. The van der Waals surface area contributed by atoms with Gasteiger partial charge in [0.1, 0.15) is 22.5 Å². The molecule has 5 rings (SSSR count). The lowest BCUT2D eigenvalue weighted by Gasteiger charge is -2.11. The molecule has 180 valence electrons. The van der Waals surface area contributed by atoms with E-state index in [-0.39, 0.29) is 5.56 Å². The Kier molecular flexibility index (Phi) is 6.49. The van der Waals surface area contributed by atoms with E-state index in [0.29, 0.717) is 35.3 Å². The summed E-state index contributed by atoms with van der Waals surface area (Å²) in [6, 6.07) is 15.9. The minimum atomic E-state index is -0.0261. The standard InChI is InChI=1S/C28H31N5O2/c1-4-5-6-9-17-32-19(2)29-26-24(28(32)34)25-27(31-23-11-8-7-10-22(23)30-25)33(26)18-16-20-12-14-21(35-3)15-13-20/h7-8,10-15H,4-6,9,16-18H2,1-3H3. The normalized spacial score (nSPS) is 11.6. The van der Waals surface area contributed by atoms with Crippen molar-refractivity contribution in [2.24, 2.45) is 0 Å². The van der Waals surface area contributed by atoms with E-state index in [1.165, 1.54) is 12.0 Å². The molecule has 0 aliphatic rings. The molecule has 0 aliphatic carbocycles. The third kappa shape index (κ3) is 4.38. The molecule has 0 radical (unpaired) electrons. The van der Waals surface area contributed by atoms with Crippen LogP contribution in [0, 0.1) is 6.92 Å². The van der Waals surface area contributed by atoms with Crippen molar-refractivity contribution in [2.45, 2.75) is 59.0 Å². The van der Waals surface area contributed by atoms with Crippen molar-refractivity contribution in [3.8, 4) is 5.75 Å². The summed E-state index contributed by atoms with van der Waals surface area (Å²) in [7, 11) is 1.67. The summed E-state index contributed by atoms with van der Waals surface area (Å²) in [5.74, 6) is 1.57. The molecule has 0 bridgehead atoms. The second-order valence-corrected chi connectivity index (χ2v) is 9.01. The number of methoxy groups -OCH3 is 1. The summed E-state index contributed by atoms with van der Waals surface area (Å²) in [4.78, 5) is 28.5. The van der Waals surface area contributed by atoms with Crippen LogP contribution >= 0.6 is 0 Å². The van der Waals surface area contributed by atoms with Crippen molar-refractivity contribution in [3.63, 3.8) is 0 Å². The van der Waals surface area contributed by atoms with Crippen molar-refractivity contribution in [2.75, 3.05) is 7.11 Å². The van der Waals surface area contributed by atoms with E-state index >= 15 is 0 Å². The van der Waals surface area contributed by atoms with Gasteiger partial charge in [0.25, 0.3) is 5.56 Å². The molecule has 0 N–H and O–H groups in total. The molecule has 0 aliphatic heterocycles. The molecule has 0 atom stereocenters. The smallest absolute Gasteiger partial charge is 0.265 e. The number of para-hydroxylation sites is 2. The van der Waals surface area contributed by atoms with Crippen LogP contribution in [0.2, 0.25) is 0 Å². The number of benzene rings is 2. The average molecular weight is 470 g/mol. The largest absolute Gasteiger partial charge is 0.497 e. The number of hydrogen-bond acceptors (Lipinski definition) is 5. The fourth-order valence-corrected chi connectivity index (χ4v) is 4.70. The highest BCUT2D eigenvalue weighted by atomic mass is 16.5. The number of unbranched alkanes of at least 4 members (excludes halogenated alkanes) is 3. The van der Waals surface area contributed by atoms with Crippen molar-refractivity contribution in [1.82, 2.24) is 24.1 Å².